The van der Waals surface area contributed by atoms with Crippen molar-refractivity contribution in [1.29, 1.82) is 0 Å². The van der Waals surface area contributed by atoms with E-state index in [2.05, 4.69) is 44.0 Å². The van der Waals surface area contributed by atoms with E-state index in [1.54, 1.807) is 0 Å². The predicted octanol–water partition coefficient (Wildman–Crippen LogP) is 1.23. The third kappa shape index (κ3) is 5.17. The Labute approximate surface area is 173 Å². The maximum atomic E-state index is 12.0. The molecule has 1 unspecified atom stereocenters. The Morgan fingerprint density at radius 3 is 2.14 bits per heavy atom. The molecular formula is C21H34N6O2. The molecule has 0 aromatic carbocycles. The summed E-state index contributed by atoms with van der Waals surface area (Å²) in [6.07, 6.45) is 4.40. The highest BCUT2D eigenvalue weighted by Gasteiger charge is 2.24. The minimum absolute atomic E-state index is 0.271. The molecule has 0 aliphatic carbocycles. The molecule has 0 radical (unpaired) electrons. The van der Waals surface area contributed by atoms with Crippen molar-refractivity contribution in [2.75, 3.05) is 75.3 Å². The van der Waals surface area contributed by atoms with Gasteiger partial charge in [0.05, 0.1) is 6.10 Å². The van der Waals surface area contributed by atoms with Crippen LogP contribution in [0.25, 0.3) is 0 Å². The van der Waals surface area contributed by atoms with Gasteiger partial charge in [-0.3, -0.25) is 9.69 Å². The Kier molecular flexibility index (Phi) is 6.82. The quantitative estimate of drug-likeness (QED) is 0.709. The minimum atomic E-state index is 0.271. The Morgan fingerprint density at radius 1 is 1.00 bits per heavy atom. The number of ether oxygens (including phenoxy) is 1. The molecule has 3 fully saturated rings. The van der Waals surface area contributed by atoms with Gasteiger partial charge in [-0.1, -0.05) is 6.92 Å². The van der Waals surface area contributed by atoms with Crippen LogP contribution in [0.2, 0.25) is 0 Å². The molecule has 0 bridgehead atoms. The first-order valence-corrected chi connectivity index (χ1v) is 11.2. The Balaban J connectivity index is 1.24. The second-order valence-electron chi connectivity index (χ2n) is 8.29. The summed E-state index contributed by atoms with van der Waals surface area (Å²) in [5.41, 5.74) is 0. The molecule has 3 aliphatic heterocycles. The molecule has 29 heavy (non-hydrogen) atoms. The number of hydrogen-bond acceptors (Lipinski definition) is 7. The predicted molar refractivity (Wildman–Crippen MR) is 113 cm³/mol. The Bertz CT molecular complexity index is 648. The minimum Gasteiger partial charge on any atom is -0.377 e. The lowest BCUT2D eigenvalue weighted by Crippen LogP contribution is -2.49. The molecule has 8 heteroatoms. The molecule has 8 nitrogen and oxygen atoms in total. The van der Waals surface area contributed by atoms with E-state index in [0.29, 0.717) is 12.5 Å². The summed E-state index contributed by atoms with van der Waals surface area (Å²) in [7, 11) is 0. The number of piperazine rings is 2. The smallest absolute Gasteiger partial charge is 0.222 e. The molecule has 1 atom stereocenters. The van der Waals surface area contributed by atoms with Gasteiger partial charge in [0.25, 0.3) is 0 Å². The van der Waals surface area contributed by atoms with E-state index in [-0.39, 0.29) is 5.91 Å². The topological polar surface area (TPSA) is 65.0 Å². The number of carbonyl (C=O) groups is 1. The van der Waals surface area contributed by atoms with Crippen molar-refractivity contribution in [1.82, 2.24) is 20.0 Å². The summed E-state index contributed by atoms with van der Waals surface area (Å²) in [6.45, 7) is 11.3. The lowest BCUT2D eigenvalue weighted by atomic mass is 10.2. The third-order valence-electron chi connectivity index (χ3n) is 6.24. The molecule has 0 spiro atoms. The number of hydrogen-bond donors (Lipinski definition) is 0. The third-order valence-corrected chi connectivity index (χ3v) is 6.24. The van der Waals surface area contributed by atoms with Gasteiger partial charge in [-0.25, -0.2) is 0 Å². The van der Waals surface area contributed by atoms with Crippen LogP contribution < -0.4 is 9.80 Å². The first-order chi connectivity index (χ1) is 14.2. The van der Waals surface area contributed by atoms with Crippen molar-refractivity contribution in [2.24, 2.45) is 0 Å². The Morgan fingerprint density at radius 2 is 1.62 bits per heavy atom. The number of aromatic nitrogens is 2. The molecule has 0 saturated carbocycles. The summed E-state index contributed by atoms with van der Waals surface area (Å²) in [5.74, 6) is 2.14. The van der Waals surface area contributed by atoms with E-state index in [1.807, 2.05) is 4.90 Å². The first kappa shape index (κ1) is 20.3. The van der Waals surface area contributed by atoms with Crippen LogP contribution in [-0.2, 0) is 9.53 Å². The average Bonchev–Trinajstić information content (AvgIpc) is 3.28. The van der Waals surface area contributed by atoms with Crippen LogP contribution in [0.1, 0.15) is 32.6 Å². The van der Waals surface area contributed by atoms with E-state index >= 15 is 0 Å². The molecule has 4 rings (SSSR count). The zero-order valence-electron chi connectivity index (χ0n) is 17.6. The second-order valence-corrected chi connectivity index (χ2v) is 8.29. The normalized spacial score (nSPS) is 23.6. The fourth-order valence-electron chi connectivity index (χ4n) is 4.45. The molecule has 4 heterocycles. The van der Waals surface area contributed by atoms with Crippen LogP contribution in [-0.4, -0.2) is 97.5 Å². The molecule has 1 amide bonds. The summed E-state index contributed by atoms with van der Waals surface area (Å²) in [5, 5.41) is 8.98. The summed E-state index contributed by atoms with van der Waals surface area (Å²) < 4.78 is 5.77. The molecule has 3 saturated heterocycles. The van der Waals surface area contributed by atoms with E-state index in [4.69, 9.17) is 4.74 Å². The maximum Gasteiger partial charge on any atom is 0.222 e. The first-order valence-electron chi connectivity index (χ1n) is 11.2. The van der Waals surface area contributed by atoms with Crippen molar-refractivity contribution in [3.05, 3.63) is 12.1 Å². The van der Waals surface area contributed by atoms with Gasteiger partial charge in [0.1, 0.15) is 0 Å². The van der Waals surface area contributed by atoms with E-state index < -0.39 is 0 Å². The van der Waals surface area contributed by atoms with Crippen molar-refractivity contribution >= 4 is 17.5 Å². The van der Waals surface area contributed by atoms with Crippen LogP contribution in [0.4, 0.5) is 11.6 Å². The zero-order valence-corrected chi connectivity index (χ0v) is 17.6. The largest absolute Gasteiger partial charge is 0.377 e. The molecule has 1 aromatic heterocycles. The molecule has 3 aliphatic rings. The van der Waals surface area contributed by atoms with Gasteiger partial charge in [0.15, 0.2) is 11.6 Å². The van der Waals surface area contributed by atoms with E-state index in [1.165, 1.54) is 12.8 Å². The van der Waals surface area contributed by atoms with Crippen molar-refractivity contribution in [2.45, 2.75) is 38.7 Å². The van der Waals surface area contributed by atoms with Gasteiger partial charge in [-0.15, -0.1) is 10.2 Å². The standard InChI is InChI=1S/C21H34N6O2/c1-2-4-21(28)27-14-12-26(13-15-27)20-7-6-19(22-23-20)25-10-8-24(9-11-25)17-18-5-3-16-29-18/h6-7,18H,2-5,8-17H2,1H3. The number of carbonyl (C=O) groups excluding carboxylic acids is 1. The average molecular weight is 403 g/mol. The van der Waals surface area contributed by atoms with Gasteiger partial charge in [-0.05, 0) is 31.4 Å². The second kappa shape index (κ2) is 9.71. The summed E-state index contributed by atoms with van der Waals surface area (Å²) >= 11 is 0. The molecule has 0 N–H and O–H groups in total. The van der Waals surface area contributed by atoms with Gasteiger partial charge < -0.3 is 19.4 Å². The molecule has 160 valence electrons. The van der Waals surface area contributed by atoms with Gasteiger partial charge in [-0.2, -0.15) is 0 Å². The number of anilines is 2. The molecular weight excluding hydrogens is 368 g/mol. The van der Waals surface area contributed by atoms with Crippen molar-refractivity contribution < 1.29 is 9.53 Å². The zero-order chi connectivity index (χ0) is 20.1. The highest BCUT2D eigenvalue weighted by atomic mass is 16.5. The van der Waals surface area contributed by atoms with Crippen LogP contribution in [0.15, 0.2) is 12.1 Å². The molecule has 1 aromatic rings. The number of rotatable bonds is 6. The van der Waals surface area contributed by atoms with Crippen LogP contribution in [0.3, 0.4) is 0 Å². The number of amides is 1. The lowest BCUT2D eigenvalue weighted by Gasteiger charge is -2.37. The van der Waals surface area contributed by atoms with Crippen LogP contribution in [0, 0.1) is 0 Å². The highest BCUT2D eigenvalue weighted by Crippen LogP contribution is 2.19. The highest BCUT2D eigenvalue weighted by molar-refractivity contribution is 5.76. The van der Waals surface area contributed by atoms with Crippen LogP contribution >= 0.6 is 0 Å². The SMILES string of the molecule is CCCC(=O)N1CCN(c2ccc(N3CCN(CC4CCCO4)CC3)nn2)CC1. The van der Waals surface area contributed by atoms with Gasteiger partial charge in [0, 0.05) is 71.9 Å². The fraction of sp³-hybridized carbons (Fsp3) is 0.762. The summed E-state index contributed by atoms with van der Waals surface area (Å²) in [4.78, 5) is 21.1. The van der Waals surface area contributed by atoms with E-state index in [9.17, 15) is 4.79 Å². The van der Waals surface area contributed by atoms with Gasteiger partial charge >= 0.3 is 0 Å². The monoisotopic (exact) mass is 402 g/mol. The van der Waals surface area contributed by atoms with Crippen LogP contribution in [0.5, 0.6) is 0 Å². The Hall–Kier alpha value is -1.93. The summed E-state index contributed by atoms with van der Waals surface area (Å²) in [6, 6.07) is 4.16. The number of nitrogens with zero attached hydrogens (tertiary/aromatic N) is 6. The fourth-order valence-corrected chi connectivity index (χ4v) is 4.45. The van der Waals surface area contributed by atoms with E-state index in [0.717, 1.165) is 83.6 Å². The van der Waals surface area contributed by atoms with Crippen molar-refractivity contribution in [3.8, 4) is 0 Å². The van der Waals surface area contributed by atoms with Crippen molar-refractivity contribution in [3.63, 3.8) is 0 Å². The lowest BCUT2D eigenvalue weighted by molar-refractivity contribution is -0.131. The van der Waals surface area contributed by atoms with Gasteiger partial charge in [0.2, 0.25) is 5.91 Å². The maximum absolute atomic E-state index is 12.0.